The fraction of sp³-hybridized carbons (Fsp3) is 0.917. The molecular weight excluding hydrogens is 206 g/mol. The Kier molecular flexibility index (Phi) is 7.17. The number of hydrogen-bond donors (Lipinski definition) is 1. The molecule has 0 atom stereocenters. The highest BCUT2D eigenvalue weighted by atomic mass is 16.5. The summed E-state index contributed by atoms with van der Waals surface area (Å²) in [5, 5.41) is 3.17. The molecular formula is C12H23NO3. The van der Waals surface area contributed by atoms with Crippen molar-refractivity contribution in [2.24, 2.45) is 0 Å². The summed E-state index contributed by atoms with van der Waals surface area (Å²) in [7, 11) is 0. The molecule has 1 aliphatic rings. The van der Waals surface area contributed by atoms with Gasteiger partial charge in [-0.25, -0.2) is 0 Å². The second-order valence-electron chi connectivity index (χ2n) is 4.08. The smallest absolute Gasteiger partial charge is 0.307 e. The van der Waals surface area contributed by atoms with Gasteiger partial charge in [-0.05, 0) is 19.8 Å². The molecule has 4 heteroatoms. The van der Waals surface area contributed by atoms with Crippen LogP contribution in [0.1, 0.15) is 39.0 Å². The number of rotatable bonds is 8. The summed E-state index contributed by atoms with van der Waals surface area (Å²) in [5.74, 6) is -0.133. The van der Waals surface area contributed by atoms with Crippen molar-refractivity contribution in [2.75, 3.05) is 26.3 Å². The maximum absolute atomic E-state index is 11.0. The minimum Gasteiger partial charge on any atom is -0.466 e. The van der Waals surface area contributed by atoms with Crippen LogP contribution in [0.2, 0.25) is 0 Å². The van der Waals surface area contributed by atoms with Crippen LogP contribution >= 0.6 is 0 Å². The van der Waals surface area contributed by atoms with Gasteiger partial charge in [0.05, 0.1) is 25.7 Å². The summed E-state index contributed by atoms with van der Waals surface area (Å²) >= 11 is 0. The molecule has 16 heavy (non-hydrogen) atoms. The maximum atomic E-state index is 11.0. The third-order valence-electron chi connectivity index (χ3n) is 2.75. The van der Waals surface area contributed by atoms with Gasteiger partial charge in [-0.15, -0.1) is 0 Å². The highest BCUT2D eigenvalue weighted by Gasteiger charge is 2.14. The monoisotopic (exact) mass is 229 g/mol. The molecule has 4 nitrogen and oxygen atoms in total. The Balaban J connectivity index is 1.82. The van der Waals surface area contributed by atoms with E-state index in [0.29, 0.717) is 25.7 Å². The molecule has 1 saturated carbocycles. The zero-order chi connectivity index (χ0) is 11.6. The van der Waals surface area contributed by atoms with Gasteiger partial charge < -0.3 is 14.8 Å². The average molecular weight is 229 g/mol. The van der Waals surface area contributed by atoms with E-state index >= 15 is 0 Å². The Bertz CT molecular complexity index is 191. The largest absolute Gasteiger partial charge is 0.466 e. The first kappa shape index (κ1) is 13.5. The van der Waals surface area contributed by atoms with Crippen LogP contribution in [0, 0.1) is 0 Å². The lowest BCUT2D eigenvalue weighted by Gasteiger charge is -2.11. The fourth-order valence-electron chi connectivity index (χ4n) is 1.90. The van der Waals surface area contributed by atoms with Crippen LogP contribution in [0.4, 0.5) is 0 Å². The third-order valence-corrected chi connectivity index (χ3v) is 2.75. The van der Waals surface area contributed by atoms with E-state index in [-0.39, 0.29) is 5.97 Å². The van der Waals surface area contributed by atoms with Gasteiger partial charge in [0, 0.05) is 13.1 Å². The lowest BCUT2D eigenvalue weighted by Crippen LogP contribution is -2.25. The van der Waals surface area contributed by atoms with Crippen molar-refractivity contribution in [3.8, 4) is 0 Å². The summed E-state index contributed by atoms with van der Waals surface area (Å²) < 4.78 is 10.5. The Labute approximate surface area is 97.7 Å². The molecule has 1 N–H and O–H groups in total. The number of ether oxygens (including phenoxy) is 2. The van der Waals surface area contributed by atoms with Gasteiger partial charge in [-0.1, -0.05) is 12.8 Å². The van der Waals surface area contributed by atoms with Crippen LogP contribution in [0.5, 0.6) is 0 Å². The zero-order valence-corrected chi connectivity index (χ0v) is 10.2. The van der Waals surface area contributed by atoms with Crippen molar-refractivity contribution < 1.29 is 14.3 Å². The van der Waals surface area contributed by atoms with Crippen molar-refractivity contribution in [2.45, 2.75) is 45.1 Å². The van der Waals surface area contributed by atoms with Crippen molar-refractivity contribution in [1.29, 1.82) is 0 Å². The molecule has 1 aliphatic carbocycles. The molecule has 0 saturated heterocycles. The normalized spacial score (nSPS) is 16.6. The van der Waals surface area contributed by atoms with Crippen molar-refractivity contribution >= 4 is 5.97 Å². The SMILES string of the molecule is CCOC(=O)CCNCCOC1CCCC1. The standard InChI is InChI=1S/C12H23NO3/c1-2-15-12(14)7-8-13-9-10-16-11-5-3-4-6-11/h11,13H,2-10H2,1H3. The van der Waals surface area contributed by atoms with E-state index in [1.54, 1.807) is 0 Å². The summed E-state index contributed by atoms with van der Waals surface area (Å²) in [6.45, 7) is 4.51. The fourth-order valence-corrected chi connectivity index (χ4v) is 1.90. The minimum atomic E-state index is -0.133. The first-order valence-corrected chi connectivity index (χ1v) is 6.31. The average Bonchev–Trinajstić information content (AvgIpc) is 2.76. The van der Waals surface area contributed by atoms with Crippen LogP contribution in [-0.2, 0) is 14.3 Å². The molecule has 0 amide bonds. The Morgan fingerprint density at radius 1 is 1.31 bits per heavy atom. The topological polar surface area (TPSA) is 47.6 Å². The molecule has 1 rings (SSSR count). The number of carbonyl (C=O) groups is 1. The first-order valence-electron chi connectivity index (χ1n) is 6.31. The zero-order valence-electron chi connectivity index (χ0n) is 10.2. The van der Waals surface area contributed by atoms with Crippen molar-refractivity contribution in [3.63, 3.8) is 0 Å². The van der Waals surface area contributed by atoms with Gasteiger partial charge in [-0.2, -0.15) is 0 Å². The van der Waals surface area contributed by atoms with E-state index in [0.717, 1.165) is 13.2 Å². The highest BCUT2D eigenvalue weighted by Crippen LogP contribution is 2.20. The van der Waals surface area contributed by atoms with E-state index in [9.17, 15) is 4.79 Å². The second-order valence-corrected chi connectivity index (χ2v) is 4.08. The van der Waals surface area contributed by atoms with Crippen LogP contribution in [0.25, 0.3) is 0 Å². The van der Waals surface area contributed by atoms with Gasteiger partial charge >= 0.3 is 5.97 Å². The highest BCUT2D eigenvalue weighted by molar-refractivity contribution is 5.69. The van der Waals surface area contributed by atoms with Gasteiger partial charge in [0.2, 0.25) is 0 Å². The molecule has 0 bridgehead atoms. The van der Waals surface area contributed by atoms with Gasteiger partial charge in [-0.3, -0.25) is 4.79 Å². The molecule has 0 aromatic heterocycles. The van der Waals surface area contributed by atoms with Crippen LogP contribution < -0.4 is 5.32 Å². The second kappa shape index (κ2) is 8.53. The first-order chi connectivity index (χ1) is 7.83. The van der Waals surface area contributed by atoms with Crippen molar-refractivity contribution in [3.05, 3.63) is 0 Å². The molecule has 1 fully saturated rings. The Morgan fingerprint density at radius 3 is 2.75 bits per heavy atom. The number of carbonyl (C=O) groups excluding carboxylic acids is 1. The molecule has 0 spiro atoms. The van der Waals surface area contributed by atoms with E-state index in [4.69, 9.17) is 9.47 Å². The van der Waals surface area contributed by atoms with E-state index < -0.39 is 0 Å². The molecule has 0 heterocycles. The van der Waals surface area contributed by atoms with Crippen LogP contribution in [0.3, 0.4) is 0 Å². The molecule has 0 aromatic rings. The third kappa shape index (κ3) is 6.08. The number of nitrogens with one attached hydrogen (secondary N) is 1. The lowest BCUT2D eigenvalue weighted by atomic mass is 10.3. The quantitative estimate of drug-likeness (QED) is 0.506. The maximum Gasteiger partial charge on any atom is 0.307 e. The molecule has 0 aliphatic heterocycles. The Hall–Kier alpha value is -0.610. The predicted octanol–water partition coefficient (Wildman–Crippen LogP) is 1.49. The molecule has 94 valence electrons. The number of hydrogen-bond acceptors (Lipinski definition) is 4. The Morgan fingerprint density at radius 2 is 2.06 bits per heavy atom. The van der Waals surface area contributed by atoms with Gasteiger partial charge in [0.25, 0.3) is 0 Å². The molecule has 0 radical (unpaired) electrons. The molecule has 0 aromatic carbocycles. The van der Waals surface area contributed by atoms with E-state index in [1.807, 2.05) is 6.92 Å². The summed E-state index contributed by atoms with van der Waals surface area (Å²) in [4.78, 5) is 11.0. The van der Waals surface area contributed by atoms with Crippen LogP contribution in [0.15, 0.2) is 0 Å². The number of esters is 1. The molecule has 0 unspecified atom stereocenters. The summed E-state index contributed by atoms with van der Waals surface area (Å²) in [6, 6.07) is 0. The van der Waals surface area contributed by atoms with Gasteiger partial charge in [0.1, 0.15) is 0 Å². The van der Waals surface area contributed by atoms with Crippen LogP contribution in [-0.4, -0.2) is 38.4 Å². The lowest BCUT2D eigenvalue weighted by molar-refractivity contribution is -0.142. The van der Waals surface area contributed by atoms with E-state index in [2.05, 4.69) is 5.32 Å². The van der Waals surface area contributed by atoms with Crippen molar-refractivity contribution in [1.82, 2.24) is 5.32 Å². The van der Waals surface area contributed by atoms with E-state index in [1.165, 1.54) is 25.7 Å². The minimum absolute atomic E-state index is 0.133. The summed E-state index contributed by atoms with van der Waals surface area (Å²) in [5.41, 5.74) is 0. The summed E-state index contributed by atoms with van der Waals surface area (Å²) in [6.07, 6.45) is 5.96. The van der Waals surface area contributed by atoms with Gasteiger partial charge in [0.15, 0.2) is 0 Å². The predicted molar refractivity (Wildman–Crippen MR) is 62.3 cm³/mol.